The summed E-state index contributed by atoms with van der Waals surface area (Å²) in [4.78, 5) is 0. The Balaban J connectivity index is 1.68. The largest absolute Gasteiger partial charge is 0.493 e. The molecule has 0 atom stereocenters. The molecule has 4 rings (SSSR count). The summed E-state index contributed by atoms with van der Waals surface area (Å²) in [6.07, 6.45) is 1.54. The van der Waals surface area contributed by atoms with Gasteiger partial charge in [-0.3, -0.25) is 0 Å². The fraction of sp³-hybridized carbons (Fsp3) is 0.111. The predicted molar refractivity (Wildman–Crippen MR) is 93.2 cm³/mol. The normalized spacial score (nSPS) is 10.7. The van der Waals surface area contributed by atoms with Crippen molar-refractivity contribution < 1.29 is 14.0 Å². The first-order chi connectivity index (χ1) is 12.8. The van der Waals surface area contributed by atoms with Gasteiger partial charge in [0.05, 0.1) is 19.9 Å². The zero-order valence-electron chi connectivity index (χ0n) is 14.2. The van der Waals surface area contributed by atoms with E-state index >= 15 is 0 Å². The summed E-state index contributed by atoms with van der Waals surface area (Å²) in [5.74, 6) is 1.92. The van der Waals surface area contributed by atoms with Gasteiger partial charge >= 0.3 is 0 Å². The van der Waals surface area contributed by atoms with Gasteiger partial charge in [-0.1, -0.05) is 17.3 Å². The number of methoxy groups -OCH3 is 2. The van der Waals surface area contributed by atoms with Crippen LogP contribution in [0.15, 0.2) is 59.4 Å². The minimum absolute atomic E-state index is 0.628. The molecule has 0 fully saturated rings. The van der Waals surface area contributed by atoms with E-state index in [2.05, 4.69) is 20.7 Å². The van der Waals surface area contributed by atoms with Crippen LogP contribution in [0.3, 0.4) is 0 Å². The van der Waals surface area contributed by atoms with Crippen molar-refractivity contribution in [3.63, 3.8) is 0 Å². The summed E-state index contributed by atoms with van der Waals surface area (Å²) in [6.45, 7) is 0. The molecule has 8 nitrogen and oxygen atoms in total. The van der Waals surface area contributed by atoms with E-state index < -0.39 is 0 Å². The van der Waals surface area contributed by atoms with Gasteiger partial charge in [0.2, 0.25) is 0 Å². The molecule has 2 aromatic carbocycles. The van der Waals surface area contributed by atoms with Crippen molar-refractivity contribution in [1.82, 2.24) is 25.4 Å². The third-order valence-electron chi connectivity index (χ3n) is 3.93. The van der Waals surface area contributed by atoms with Crippen LogP contribution in [-0.4, -0.2) is 39.6 Å². The Bertz CT molecular complexity index is 1030. The van der Waals surface area contributed by atoms with Gasteiger partial charge in [0.25, 0.3) is 0 Å². The molecule has 0 aliphatic carbocycles. The summed E-state index contributed by atoms with van der Waals surface area (Å²) >= 11 is 0. The number of hydrogen-bond donors (Lipinski definition) is 0. The average Bonchev–Trinajstić information content (AvgIpc) is 3.39. The van der Waals surface area contributed by atoms with Crippen molar-refractivity contribution in [2.75, 3.05) is 14.2 Å². The van der Waals surface area contributed by atoms with Crippen molar-refractivity contribution in [2.24, 2.45) is 0 Å². The molecule has 0 N–H and O–H groups in total. The molecule has 0 unspecified atom stereocenters. The Morgan fingerprint density at radius 2 is 1.81 bits per heavy atom. The standard InChI is InChI=1S/C18H15N5O3/c1-24-16-7-6-13(9-18(16)25-2)17-10-15(20-26-17)12-4-3-5-14(8-12)23-11-19-21-22-23/h3-11H,1-2H3. The van der Waals surface area contributed by atoms with Crippen LogP contribution >= 0.6 is 0 Å². The summed E-state index contributed by atoms with van der Waals surface area (Å²) in [6, 6.07) is 15.2. The van der Waals surface area contributed by atoms with Gasteiger partial charge in [-0.25, -0.2) is 4.68 Å². The number of rotatable bonds is 5. The Labute approximate surface area is 149 Å². The minimum Gasteiger partial charge on any atom is -0.493 e. The van der Waals surface area contributed by atoms with Gasteiger partial charge in [-0.2, -0.15) is 0 Å². The number of ether oxygens (including phenoxy) is 2. The maximum absolute atomic E-state index is 5.52. The van der Waals surface area contributed by atoms with E-state index in [0.29, 0.717) is 23.0 Å². The Kier molecular flexibility index (Phi) is 4.06. The van der Waals surface area contributed by atoms with Gasteiger partial charge in [0, 0.05) is 17.2 Å². The molecule has 0 aliphatic rings. The van der Waals surface area contributed by atoms with E-state index in [1.807, 2.05) is 48.5 Å². The highest BCUT2D eigenvalue weighted by Gasteiger charge is 2.12. The third-order valence-corrected chi connectivity index (χ3v) is 3.93. The van der Waals surface area contributed by atoms with E-state index in [1.54, 1.807) is 18.9 Å². The molecule has 2 aromatic heterocycles. The molecule has 0 saturated heterocycles. The molecule has 26 heavy (non-hydrogen) atoms. The van der Waals surface area contributed by atoms with Crippen LogP contribution in [-0.2, 0) is 0 Å². The van der Waals surface area contributed by atoms with Crippen molar-refractivity contribution in [3.8, 4) is 39.8 Å². The van der Waals surface area contributed by atoms with Crippen LogP contribution in [0, 0.1) is 0 Å². The lowest BCUT2D eigenvalue weighted by Gasteiger charge is -2.07. The second kappa shape index (κ2) is 6.67. The number of benzene rings is 2. The summed E-state index contributed by atoms with van der Waals surface area (Å²) in [7, 11) is 3.19. The fourth-order valence-corrected chi connectivity index (χ4v) is 2.62. The first-order valence-corrected chi connectivity index (χ1v) is 7.81. The molecular weight excluding hydrogens is 334 g/mol. The molecule has 0 radical (unpaired) electrons. The zero-order valence-corrected chi connectivity index (χ0v) is 14.2. The number of tetrazole rings is 1. The summed E-state index contributed by atoms with van der Waals surface area (Å²) in [5.41, 5.74) is 3.29. The van der Waals surface area contributed by atoms with Crippen LogP contribution in [0.5, 0.6) is 11.5 Å². The number of nitrogens with zero attached hydrogens (tertiary/aromatic N) is 5. The lowest BCUT2D eigenvalue weighted by Crippen LogP contribution is -1.95. The molecule has 4 aromatic rings. The number of aromatic nitrogens is 5. The monoisotopic (exact) mass is 349 g/mol. The second-order valence-corrected chi connectivity index (χ2v) is 5.45. The molecule has 0 saturated carbocycles. The maximum atomic E-state index is 5.52. The molecular formula is C18H15N5O3. The smallest absolute Gasteiger partial charge is 0.167 e. The average molecular weight is 349 g/mol. The Hall–Kier alpha value is -3.68. The van der Waals surface area contributed by atoms with Crippen LogP contribution in [0.1, 0.15) is 0 Å². The third kappa shape index (κ3) is 2.88. The lowest BCUT2D eigenvalue weighted by atomic mass is 10.1. The fourth-order valence-electron chi connectivity index (χ4n) is 2.62. The van der Waals surface area contributed by atoms with Gasteiger partial charge in [-0.15, -0.1) is 5.10 Å². The Morgan fingerprint density at radius 1 is 0.923 bits per heavy atom. The molecule has 0 spiro atoms. The highest BCUT2D eigenvalue weighted by atomic mass is 16.5. The first kappa shape index (κ1) is 15.8. The van der Waals surface area contributed by atoms with E-state index in [-0.39, 0.29) is 0 Å². The maximum Gasteiger partial charge on any atom is 0.167 e. The molecule has 0 bridgehead atoms. The van der Waals surface area contributed by atoms with E-state index in [1.165, 1.54) is 6.33 Å². The molecule has 0 aliphatic heterocycles. The van der Waals surface area contributed by atoms with Crippen LogP contribution < -0.4 is 9.47 Å². The van der Waals surface area contributed by atoms with Gasteiger partial charge in [0.15, 0.2) is 17.3 Å². The quantitative estimate of drug-likeness (QED) is 0.547. The highest BCUT2D eigenvalue weighted by molar-refractivity contribution is 5.69. The SMILES string of the molecule is COc1ccc(-c2cc(-c3cccc(-n4cnnn4)c3)no2)cc1OC. The summed E-state index contributed by atoms with van der Waals surface area (Å²) in [5, 5.41) is 15.4. The van der Waals surface area contributed by atoms with Gasteiger partial charge in [-0.05, 0) is 40.8 Å². The van der Waals surface area contributed by atoms with Crippen LogP contribution in [0.4, 0.5) is 0 Å². The molecule has 8 heteroatoms. The molecule has 2 heterocycles. The predicted octanol–water partition coefficient (Wildman–Crippen LogP) is 3.00. The minimum atomic E-state index is 0.628. The van der Waals surface area contributed by atoms with E-state index in [9.17, 15) is 0 Å². The summed E-state index contributed by atoms with van der Waals surface area (Å²) < 4.78 is 17.7. The van der Waals surface area contributed by atoms with Crippen molar-refractivity contribution in [3.05, 3.63) is 54.9 Å². The highest BCUT2D eigenvalue weighted by Crippen LogP contribution is 2.34. The van der Waals surface area contributed by atoms with Crippen LogP contribution in [0.25, 0.3) is 28.3 Å². The van der Waals surface area contributed by atoms with Crippen molar-refractivity contribution >= 4 is 0 Å². The molecule has 130 valence electrons. The molecule has 0 amide bonds. The van der Waals surface area contributed by atoms with Crippen molar-refractivity contribution in [1.29, 1.82) is 0 Å². The van der Waals surface area contributed by atoms with Crippen molar-refractivity contribution in [2.45, 2.75) is 0 Å². The topological polar surface area (TPSA) is 88.1 Å². The van der Waals surface area contributed by atoms with Gasteiger partial charge in [0.1, 0.15) is 12.0 Å². The van der Waals surface area contributed by atoms with E-state index in [0.717, 1.165) is 16.8 Å². The van der Waals surface area contributed by atoms with Crippen LogP contribution in [0.2, 0.25) is 0 Å². The van der Waals surface area contributed by atoms with Gasteiger partial charge < -0.3 is 14.0 Å². The zero-order chi connectivity index (χ0) is 17.9. The second-order valence-electron chi connectivity index (χ2n) is 5.45. The lowest BCUT2D eigenvalue weighted by molar-refractivity contribution is 0.355. The number of hydrogen-bond acceptors (Lipinski definition) is 7. The first-order valence-electron chi connectivity index (χ1n) is 7.81. The Morgan fingerprint density at radius 3 is 2.58 bits per heavy atom. The van der Waals surface area contributed by atoms with E-state index in [4.69, 9.17) is 14.0 Å².